The zero-order valence-electron chi connectivity index (χ0n) is 8.96. The minimum atomic E-state index is -0.0357. The van der Waals surface area contributed by atoms with Crippen LogP contribution in [0, 0.1) is 0 Å². The molecule has 0 fully saturated rings. The van der Waals surface area contributed by atoms with Gasteiger partial charge < -0.3 is 15.0 Å². The monoisotopic (exact) mass is 188 g/mol. The molecule has 0 aliphatic heterocycles. The maximum Gasteiger partial charge on any atom is 0.317 e. The van der Waals surface area contributed by atoms with Gasteiger partial charge in [0.1, 0.15) is 0 Å². The van der Waals surface area contributed by atoms with Crippen molar-refractivity contribution in [1.29, 1.82) is 0 Å². The topological polar surface area (TPSA) is 41.6 Å². The lowest BCUT2D eigenvalue weighted by Gasteiger charge is -2.21. The first kappa shape index (κ1) is 12.2. The molecule has 13 heavy (non-hydrogen) atoms. The second-order valence-corrected chi connectivity index (χ2v) is 3.02. The second kappa shape index (κ2) is 6.71. The van der Waals surface area contributed by atoms with E-state index in [1.807, 2.05) is 13.8 Å². The Kier molecular flexibility index (Phi) is 6.32. The van der Waals surface area contributed by atoms with E-state index < -0.39 is 0 Å². The lowest BCUT2D eigenvalue weighted by atomic mass is 10.2. The highest BCUT2D eigenvalue weighted by atomic mass is 16.5. The molecule has 0 aromatic heterocycles. The van der Waals surface area contributed by atoms with Crippen LogP contribution in [0.4, 0.5) is 4.79 Å². The molecule has 0 rings (SSSR count). The average molecular weight is 188 g/mol. The van der Waals surface area contributed by atoms with Crippen LogP contribution < -0.4 is 5.32 Å². The summed E-state index contributed by atoms with van der Waals surface area (Å²) < 4.78 is 4.98. The van der Waals surface area contributed by atoms with Crippen molar-refractivity contribution in [2.45, 2.75) is 26.3 Å². The van der Waals surface area contributed by atoms with Crippen LogP contribution in [0.3, 0.4) is 0 Å². The molecule has 4 heteroatoms. The molecular weight excluding hydrogens is 168 g/mol. The van der Waals surface area contributed by atoms with Crippen molar-refractivity contribution in [1.82, 2.24) is 10.2 Å². The third-order valence-electron chi connectivity index (χ3n) is 2.01. The fourth-order valence-corrected chi connectivity index (χ4v) is 0.891. The summed E-state index contributed by atoms with van der Waals surface area (Å²) in [6.07, 6.45) is 0.886. The zero-order valence-corrected chi connectivity index (χ0v) is 8.96. The molecule has 0 heterocycles. The standard InChI is InChI=1S/C9H20N2O2/c1-5-8(7-13-4)10-9(12)11(3)6-2/h8H,5-7H2,1-4H3,(H,10,12). The first-order valence-corrected chi connectivity index (χ1v) is 4.66. The van der Waals surface area contributed by atoms with Gasteiger partial charge in [0, 0.05) is 20.7 Å². The SMILES string of the molecule is CCC(COC)NC(=O)N(C)CC. The van der Waals surface area contributed by atoms with Crippen LogP contribution >= 0.6 is 0 Å². The molecule has 0 spiro atoms. The van der Waals surface area contributed by atoms with E-state index in [4.69, 9.17) is 4.74 Å². The highest BCUT2D eigenvalue weighted by molar-refractivity contribution is 5.74. The summed E-state index contributed by atoms with van der Waals surface area (Å²) in [5.74, 6) is 0. The van der Waals surface area contributed by atoms with Gasteiger partial charge in [-0.1, -0.05) is 6.92 Å². The molecule has 0 saturated carbocycles. The first-order chi connectivity index (χ1) is 6.15. The molecule has 0 radical (unpaired) electrons. The molecule has 0 saturated heterocycles. The van der Waals surface area contributed by atoms with Gasteiger partial charge in [0.15, 0.2) is 0 Å². The van der Waals surface area contributed by atoms with Crippen LogP contribution in [0.5, 0.6) is 0 Å². The van der Waals surface area contributed by atoms with Crippen LogP contribution in [0.25, 0.3) is 0 Å². The highest BCUT2D eigenvalue weighted by Gasteiger charge is 2.11. The normalized spacial score (nSPS) is 12.3. The third-order valence-corrected chi connectivity index (χ3v) is 2.01. The summed E-state index contributed by atoms with van der Waals surface area (Å²) in [4.78, 5) is 13.0. The molecule has 1 atom stereocenters. The molecular formula is C9H20N2O2. The van der Waals surface area contributed by atoms with Crippen molar-refractivity contribution in [2.24, 2.45) is 0 Å². The van der Waals surface area contributed by atoms with E-state index in [0.717, 1.165) is 13.0 Å². The van der Waals surface area contributed by atoms with Gasteiger partial charge in [-0.25, -0.2) is 4.79 Å². The van der Waals surface area contributed by atoms with Crippen molar-refractivity contribution < 1.29 is 9.53 Å². The largest absolute Gasteiger partial charge is 0.383 e. The van der Waals surface area contributed by atoms with Crippen LogP contribution in [0.2, 0.25) is 0 Å². The van der Waals surface area contributed by atoms with Crippen molar-refractivity contribution in [2.75, 3.05) is 27.3 Å². The van der Waals surface area contributed by atoms with Crippen LogP contribution in [0.15, 0.2) is 0 Å². The van der Waals surface area contributed by atoms with Gasteiger partial charge in [0.2, 0.25) is 0 Å². The maximum atomic E-state index is 11.4. The van der Waals surface area contributed by atoms with Crippen molar-refractivity contribution in [3.63, 3.8) is 0 Å². The number of nitrogens with zero attached hydrogens (tertiary/aromatic N) is 1. The average Bonchev–Trinajstić information content (AvgIpc) is 2.15. The molecule has 0 aliphatic rings. The Morgan fingerprint density at radius 3 is 2.54 bits per heavy atom. The van der Waals surface area contributed by atoms with Gasteiger partial charge >= 0.3 is 6.03 Å². The molecule has 1 unspecified atom stereocenters. The van der Waals surface area contributed by atoms with Gasteiger partial charge in [0.25, 0.3) is 0 Å². The Bertz CT molecular complexity index is 151. The minimum Gasteiger partial charge on any atom is -0.383 e. The van der Waals surface area contributed by atoms with E-state index in [-0.39, 0.29) is 12.1 Å². The molecule has 0 aromatic rings. The highest BCUT2D eigenvalue weighted by Crippen LogP contribution is 1.93. The van der Waals surface area contributed by atoms with Crippen LogP contribution in [0.1, 0.15) is 20.3 Å². The number of amides is 2. The quantitative estimate of drug-likeness (QED) is 0.701. The van der Waals surface area contributed by atoms with Crippen molar-refractivity contribution >= 4 is 6.03 Å². The number of rotatable bonds is 5. The Morgan fingerprint density at radius 1 is 1.54 bits per heavy atom. The summed E-state index contributed by atoms with van der Waals surface area (Å²) in [6, 6.07) is 0.0814. The van der Waals surface area contributed by atoms with E-state index in [2.05, 4.69) is 5.32 Å². The number of carbonyl (C=O) groups excluding carboxylic acids is 1. The zero-order chi connectivity index (χ0) is 10.3. The summed E-state index contributed by atoms with van der Waals surface area (Å²) in [6.45, 7) is 5.25. The summed E-state index contributed by atoms with van der Waals surface area (Å²) in [5, 5.41) is 2.88. The minimum absolute atomic E-state index is 0.0357. The van der Waals surface area contributed by atoms with Gasteiger partial charge in [-0.05, 0) is 13.3 Å². The van der Waals surface area contributed by atoms with Gasteiger partial charge in [-0.2, -0.15) is 0 Å². The molecule has 0 aliphatic carbocycles. The predicted molar refractivity (Wildman–Crippen MR) is 52.8 cm³/mol. The van der Waals surface area contributed by atoms with Crippen molar-refractivity contribution in [3.8, 4) is 0 Å². The first-order valence-electron chi connectivity index (χ1n) is 4.66. The fraction of sp³-hybridized carbons (Fsp3) is 0.889. The van der Waals surface area contributed by atoms with Crippen LogP contribution in [-0.4, -0.2) is 44.3 Å². The number of nitrogens with one attached hydrogen (secondary N) is 1. The smallest absolute Gasteiger partial charge is 0.317 e. The number of hydrogen-bond donors (Lipinski definition) is 1. The van der Waals surface area contributed by atoms with Gasteiger partial charge in [0.05, 0.1) is 12.6 Å². The number of carbonyl (C=O) groups is 1. The fourth-order valence-electron chi connectivity index (χ4n) is 0.891. The predicted octanol–water partition coefficient (Wildman–Crippen LogP) is 1.07. The number of methoxy groups -OCH3 is 1. The van der Waals surface area contributed by atoms with Gasteiger partial charge in [-0.3, -0.25) is 0 Å². The molecule has 4 nitrogen and oxygen atoms in total. The van der Waals surface area contributed by atoms with Crippen molar-refractivity contribution in [3.05, 3.63) is 0 Å². The van der Waals surface area contributed by atoms with E-state index in [9.17, 15) is 4.79 Å². The number of hydrogen-bond acceptors (Lipinski definition) is 2. The van der Waals surface area contributed by atoms with E-state index in [1.54, 1.807) is 19.1 Å². The molecule has 2 amide bonds. The molecule has 0 aromatic carbocycles. The Labute approximate surface area is 80.2 Å². The maximum absolute atomic E-state index is 11.4. The number of ether oxygens (including phenoxy) is 1. The van der Waals surface area contributed by atoms with Gasteiger partial charge in [-0.15, -0.1) is 0 Å². The Balaban J connectivity index is 3.85. The summed E-state index contributed by atoms with van der Waals surface area (Å²) in [5.41, 5.74) is 0. The van der Waals surface area contributed by atoms with Crippen LogP contribution in [-0.2, 0) is 4.74 Å². The Hall–Kier alpha value is -0.770. The molecule has 78 valence electrons. The van der Waals surface area contributed by atoms with E-state index in [0.29, 0.717) is 6.61 Å². The lowest BCUT2D eigenvalue weighted by molar-refractivity contribution is 0.156. The van der Waals surface area contributed by atoms with E-state index >= 15 is 0 Å². The third kappa shape index (κ3) is 4.72. The molecule has 1 N–H and O–H groups in total. The second-order valence-electron chi connectivity index (χ2n) is 3.02. The molecule has 0 bridgehead atoms. The summed E-state index contributed by atoms with van der Waals surface area (Å²) in [7, 11) is 3.41. The van der Waals surface area contributed by atoms with E-state index in [1.165, 1.54) is 0 Å². The number of urea groups is 1. The lowest BCUT2D eigenvalue weighted by Crippen LogP contribution is -2.44. The summed E-state index contributed by atoms with van der Waals surface area (Å²) >= 11 is 0. The Morgan fingerprint density at radius 2 is 2.15 bits per heavy atom.